The van der Waals surface area contributed by atoms with Gasteiger partial charge in [0, 0.05) is 6.04 Å². The van der Waals surface area contributed by atoms with Gasteiger partial charge in [-0.2, -0.15) is 0 Å². The highest BCUT2D eigenvalue weighted by atomic mass is 14.9. The zero-order valence-corrected chi connectivity index (χ0v) is 10.1. The zero-order chi connectivity index (χ0) is 10.6. The Morgan fingerprint density at radius 2 is 2.00 bits per heavy atom. The van der Waals surface area contributed by atoms with Crippen molar-refractivity contribution in [3.8, 4) is 0 Å². The third-order valence-corrected chi connectivity index (χ3v) is 3.77. The van der Waals surface area contributed by atoms with Crippen molar-refractivity contribution in [3.05, 3.63) is 11.6 Å². The van der Waals surface area contributed by atoms with E-state index in [1.54, 1.807) is 0 Å². The Hall–Kier alpha value is -0.300. The van der Waals surface area contributed by atoms with Crippen LogP contribution in [0.4, 0.5) is 0 Å². The molecule has 0 heterocycles. The van der Waals surface area contributed by atoms with Gasteiger partial charge in [-0.25, -0.2) is 0 Å². The molecule has 0 aromatic carbocycles. The van der Waals surface area contributed by atoms with Crippen molar-refractivity contribution in [2.24, 2.45) is 11.8 Å². The molecule has 0 bridgehead atoms. The lowest BCUT2D eigenvalue weighted by molar-refractivity contribution is 0.304. The fourth-order valence-electron chi connectivity index (χ4n) is 2.30. The molecule has 14 heavy (non-hydrogen) atoms. The minimum atomic E-state index is 0.532. The fourth-order valence-corrected chi connectivity index (χ4v) is 2.30. The van der Waals surface area contributed by atoms with Gasteiger partial charge in [0.05, 0.1) is 0 Å². The van der Waals surface area contributed by atoms with Crippen LogP contribution < -0.4 is 5.32 Å². The average Bonchev–Trinajstić information content (AvgIpc) is 2.20. The van der Waals surface area contributed by atoms with Crippen LogP contribution in [0.5, 0.6) is 0 Å². The Morgan fingerprint density at radius 1 is 1.36 bits per heavy atom. The molecule has 1 saturated carbocycles. The van der Waals surface area contributed by atoms with E-state index in [1.165, 1.54) is 31.3 Å². The summed E-state index contributed by atoms with van der Waals surface area (Å²) in [5, 5.41) is 3.30. The van der Waals surface area contributed by atoms with Gasteiger partial charge in [-0.1, -0.05) is 37.8 Å². The Kier molecular flexibility index (Phi) is 4.67. The van der Waals surface area contributed by atoms with Gasteiger partial charge in [-0.05, 0) is 39.2 Å². The first-order chi connectivity index (χ1) is 6.65. The number of hydrogen-bond donors (Lipinski definition) is 1. The van der Waals surface area contributed by atoms with E-state index >= 15 is 0 Å². The second kappa shape index (κ2) is 5.55. The predicted octanol–water partition coefficient (Wildman–Crippen LogP) is 3.37. The molecular formula is C13H25N. The van der Waals surface area contributed by atoms with Crippen molar-refractivity contribution in [2.45, 2.75) is 52.5 Å². The first-order valence-corrected chi connectivity index (χ1v) is 6.00. The van der Waals surface area contributed by atoms with Gasteiger partial charge in [0.15, 0.2) is 0 Å². The van der Waals surface area contributed by atoms with Gasteiger partial charge >= 0.3 is 0 Å². The van der Waals surface area contributed by atoms with Crippen molar-refractivity contribution in [1.82, 2.24) is 5.32 Å². The van der Waals surface area contributed by atoms with E-state index in [-0.39, 0.29) is 0 Å². The topological polar surface area (TPSA) is 12.0 Å². The normalized spacial score (nSPS) is 31.6. The maximum Gasteiger partial charge on any atom is 0.0245 e. The Morgan fingerprint density at radius 3 is 2.57 bits per heavy atom. The molecule has 0 radical (unpaired) electrons. The van der Waals surface area contributed by atoms with E-state index in [9.17, 15) is 0 Å². The van der Waals surface area contributed by atoms with Crippen LogP contribution in [0, 0.1) is 11.8 Å². The van der Waals surface area contributed by atoms with E-state index in [0.29, 0.717) is 6.04 Å². The molecule has 1 heteroatoms. The van der Waals surface area contributed by atoms with Crippen LogP contribution in [0.15, 0.2) is 11.6 Å². The monoisotopic (exact) mass is 195 g/mol. The fraction of sp³-hybridized carbons (Fsp3) is 0.846. The van der Waals surface area contributed by atoms with E-state index < -0.39 is 0 Å². The number of allylic oxidation sites excluding steroid dienone is 1. The molecule has 0 amide bonds. The lowest BCUT2D eigenvalue weighted by atomic mass is 9.79. The second-order valence-electron chi connectivity index (χ2n) is 4.85. The van der Waals surface area contributed by atoms with Crippen LogP contribution in [-0.4, -0.2) is 13.1 Å². The van der Waals surface area contributed by atoms with Crippen molar-refractivity contribution in [1.29, 1.82) is 0 Å². The average molecular weight is 195 g/mol. The highest BCUT2D eigenvalue weighted by molar-refractivity contribution is 5.09. The molecular weight excluding hydrogens is 170 g/mol. The van der Waals surface area contributed by atoms with Crippen molar-refractivity contribution < 1.29 is 0 Å². The van der Waals surface area contributed by atoms with Crippen LogP contribution in [0.2, 0.25) is 0 Å². The SMILES string of the molecule is CNC(C)/C(C)=C/C1CCCCC1C. The van der Waals surface area contributed by atoms with E-state index in [2.05, 4.69) is 32.2 Å². The van der Waals surface area contributed by atoms with E-state index in [4.69, 9.17) is 0 Å². The molecule has 1 N–H and O–H groups in total. The van der Waals surface area contributed by atoms with Crippen molar-refractivity contribution in [3.63, 3.8) is 0 Å². The molecule has 1 aliphatic rings. The van der Waals surface area contributed by atoms with Gasteiger partial charge in [-0.15, -0.1) is 0 Å². The summed E-state index contributed by atoms with van der Waals surface area (Å²) in [6.45, 7) is 6.89. The van der Waals surface area contributed by atoms with Gasteiger partial charge in [0.1, 0.15) is 0 Å². The first-order valence-electron chi connectivity index (χ1n) is 6.00. The summed E-state index contributed by atoms with van der Waals surface area (Å²) in [5.74, 6) is 1.72. The van der Waals surface area contributed by atoms with E-state index in [0.717, 1.165) is 11.8 Å². The van der Waals surface area contributed by atoms with Gasteiger partial charge in [-0.3, -0.25) is 0 Å². The van der Waals surface area contributed by atoms with E-state index in [1.807, 2.05) is 7.05 Å². The van der Waals surface area contributed by atoms with Crippen molar-refractivity contribution >= 4 is 0 Å². The summed E-state index contributed by atoms with van der Waals surface area (Å²) in [6, 6.07) is 0.532. The van der Waals surface area contributed by atoms with Crippen molar-refractivity contribution in [2.75, 3.05) is 7.05 Å². The first kappa shape index (κ1) is 11.8. The molecule has 1 nitrogen and oxygen atoms in total. The molecule has 0 saturated heterocycles. The summed E-state index contributed by atoms with van der Waals surface area (Å²) in [4.78, 5) is 0. The largest absolute Gasteiger partial charge is 0.314 e. The molecule has 3 atom stereocenters. The highest BCUT2D eigenvalue weighted by Gasteiger charge is 2.19. The summed E-state index contributed by atoms with van der Waals surface area (Å²) in [7, 11) is 2.03. The minimum absolute atomic E-state index is 0.532. The standard InChI is InChI=1S/C13H25N/c1-10-7-5-6-8-13(10)9-11(2)12(3)14-4/h9-10,12-14H,5-8H2,1-4H3/b11-9+. The Bertz CT molecular complexity index is 195. The molecule has 1 aliphatic carbocycles. The number of rotatable bonds is 3. The number of nitrogens with one attached hydrogen (secondary N) is 1. The van der Waals surface area contributed by atoms with Crippen LogP contribution in [-0.2, 0) is 0 Å². The second-order valence-corrected chi connectivity index (χ2v) is 4.85. The third-order valence-electron chi connectivity index (χ3n) is 3.77. The molecule has 3 unspecified atom stereocenters. The number of likely N-dealkylation sites (N-methyl/N-ethyl adjacent to an activating group) is 1. The molecule has 82 valence electrons. The predicted molar refractivity (Wildman–Crippen MR) is 63.4 cm³/mol. The molecule has 0 spiro atoms. The molecule has 0 aliphatic heterocycles. The molecule has 1 rings (SSSR count). The molecule has 0 aromatic rings. The summed E-state index contributed by atoms with van der Waals surface area (Å²) in [5.41, 5.74) is 1.51. The van der Waals surface area contributed by atoms with Crippen LogP contribution in [0.1, 0.15) is 46.5 Å². The Balaban J connectivity index is 2.55. The third kappa shape index (κ3) is 3.13. The van der Waals surface area contributed by atoms with Crippen LogP contribution in [0.3, 0.4) is 0 Å². The Labute approximate surface area is 89.0 Å². The zero-order valence-electron chi connectivity index (χ0n) is 10.1. The lowest BCUT2D eigenvalue weighted by Crippen LogP contribution is -2.24. The lowest BCUT2D eigenvalue weighted by Gasteiger charge is -2.27. The van der Waals surface area contributed by atoms with Crippen LogP contribution in [0.25, 0.3) is 0 Å². The summed E-state index contributed by atoms with van der Waals surface area (Å²) in [6.07, 6.45) is 8.18. The highest BCUT2D eigenvalue weighted by Crippen LogP contribution is 2.31. The maximum atomic E-state index is 3.30. The number of hydrogen-bond acceptors (Lipinski definition) is 1. The smallest absolute Gasteiger partial charge is 0.0245 e. The van der Waals surface area contributed by atoms with Gasteiger partial charge < -0.3 is 5.32 Å². The van der Waals surface area contributed by atoms with Crippen LogP contribution >= 0.6 is 0 Å². The molecule has 1 fully saturated rings. The summed E-state index contributed by atoms with van der Waals surface area (Å²) < 4.78 is 0. The molecule has 0 aromatic heterocycles. The summed E-state index contributed by atoms with van der Waals surface area (Å²) >= 11 is 0. The minimum Gasteiger partial charge on any atom is -0.314 e. The quantitative estimate of drug-likeness (QED) is 0.681. The van der Waals surface area contributed by atoms with Gasteiger partial charge in [0.2, 0.25) is 0 Å². The maximum absolute atomic E-state index is 3.30. The van der Waals surface area contributed by atoms with Gasteiger partial charge in [0.25, 0.3) is 0 Å².